The summed E-state index contributed by atoms with van der Waals surface area (Å²) < 4.78 is 9.01. The Hall–Kier alpha value is -3.49. The van der Waals surface area contributed by atoms with Crippen LogP contribution in [0.1, 0.15) is 18.3 Å². The van der Waals surface area contributed by atoms with Crippen LogP contribution in [0.15, 0.2) is 40.6 Å². The number of hydrazone groups is 2. The maximum atomic E-state index is 11.0. The Morgan fingerprint density at radius 1 is 1.08 bits per heavy atom. The minimum absolute atomic E-state index is 0.283. The molecule has 1 aromatic heterocycles. The Morgan fingerprint density at radius 3 is 2.16 bits per heavy atom. The van der Waals surface area contributed by atoms with Crippen molar-refractivity contribution < 1.29 is 19.1 Å². The molecule has 0 aliphatic carbocycles. The van der Waals surface area contributed by atoms with Gasteiger partial charge in [0.05, 0.1) is 25.1 Å². The number of carbonyl (C=O) groups excluding carboxylic acids is 2. The number of hydrogen-bond donors (Lipinski definition) is 2. The highest BCUT2D eigenvalue weighted by atomic mass is 16.6. The molecular weight excluding hydrogens is 326 g/mol. The van der Waals surface area contributed by atoms with Gasteiger partial charge >= 0.3 is 12.2 Å². The number of allylic oxidation sites excluding steroid dienone is 2. The summed E-state index contributed by atoms with van der Waals surface area (Å²) in [6, 6.07) is 5.46. The smallest absolute Gasteiger partial charge is 0.427 e. The number of methoxy groups -OCH3 is 1. The molecular formula is C16H19N5O4. The molecule has 25 heavy (non-hydrogen) atoms. The minimum atomic E-state index is -0.644. The second-order valence-corrected chi connectivity index (χ2v) is 4.20. The molecule has 9 nitrogen and oxygen atoms in total. The summed E-state index contributed by atoms with van der Waals surface area (Å²) in [4.78, 5) is 26.1. The van der Waals surface area contributed by atoms with E-state index in [2.05, 4.69) is 35.5 Å². The van der Waals surface area contributed by atoms with Crippen molar-refractivity contribution in [1.29, 1.82) is 0 Å². The average Bonchev–Trinajstić information content (AvgIpc) is 2.61. The molecule has 0 radical (unpaired) electrons. The summed E-state index contributed by atoms with van der Waals surface area (Å²) >= 11 is 0. The molecule has 2 amide bonds. The summed E-state index contributed by atoms with van der Waals surface area (Å²) in [5.74, 6) is 0. The number of ether oxygens (including phenoxy) is 2. The van der Waals surface area contributed by atoms with Gasteiger partial charge in [-0.25, -0.2) is 25.4 Å². The Kier molecular flexibility index (Phi) is 9.38. The molecule has 1 rings (SSSR count). The lowest BCUT2D eigenvalue weighted by atomic mass is 10.2. The molecule has 0 fully saturated rings. The van der Waals surface area contributed by atoms with Crippen LogP contribution in [0, 0.1) is 0 Å². The van der Waals surface area contributed by atoms with E-state index in [1.165, 1.54) is 19.5 Å². The third kappa shape index (κ3) is 9.29. The zero-order valence-electron chi connectivity index (χ0n) is 13.9. The Balaban J connectivity index is 2.51. The van der Waals surface area contributed by atoms with E-state index in [1.807, 2.05) is 18.2 Å². The van der Waals surface area contributed by atoms with E-state index in [4.69, 9.17) is 0 Å². The van der Waals surface area contributed by atoms with Crippen molar-refractivity contribution in [2.75, 3.05) is 13.7 Å². The number of carbonyl (C=O) groups is 2. The monoisotopic (exact) mass is 345 g/mol. The van der Waals surface area contributed by atoms with Gasteiger partial charge in [0, 0.05) is 12.4 Å². The van der Waals surface area contributed by atoms with Crippen LogP contribution in [0.2, 0.25) is 0 Å². The van der Waals surface area contributed by atoms with Crippen LogP contribution in [-0.2, 0) is 9.47 Å². The maximum Gasteiger partial charge on any atom is 0.427 e. The normalized spacial score (nSPS) is 11.4. The number of nitrogens with one attached hydrogen (secondary N) is 2. The van der Waals surface area contributed by atoms with Gasteiger partial charge < -0.3 is 9.47 Å². The predicted molar refractivity (Wildman–Crippen MR) is 95.0 cm³/mol. The zero-order chi connectivity index (χ0) is 18.3. The van der Waals surface area contributed by atoms with Crippen molar-refractivity contribution in [3.05, 3.63) is 41.7 Å². The summed E-state index contributed by atoms with van der Waals surface area (Å²) in [6.07, 6.45) is 8.24. The van der Waals surface area contributed by atoms with E-state index >= 15 is 0 Å². The van der Waals surface area contributed by atoms with Gasteiger partial charge in [-0.3, -0.25) is 0 Å². The van der Waals surface area contributed by atoms with Crippen molar-refractivity contribution >= 4 is 36.8 Å². The van der Waals surface area contributed by atoms with Crippen molar-refractivity contribution in [2.24, 2.45) is 10.2 Å². The largest absolute Gasteiger partial charge is 0.452 e. The molecule has 1 heterocycles. The highest BCUT2D eigenvalue weighted by Gasteiger charge is 1.94. The van der Waals surface area contributed by atoms with Crippen LogP contribution in [-0.4, -0.2) is 43.3 Å². The first kappa shape index (κ1) is 19.6. The van der Waals surface area contributed by atoms with Crippen molar-refractivity contribution in [1.82, 2.24) is 15.8 Å². The fourth-order valence-electron chi connectivity index (χ4n) is 1.41. The van der Waals surface area contributed by atoms with E-state index in [0.29, 0.717) is 11.4 Å². The first-order chi connectivity index (χ1) is 12.2. The SMILES string of the molecule is CCOC(=O)NN=CC=Cc1cccc(C=CC=NNC(=O)OC)n1. The quantitative estimate of drug-likeness (QED) is 0.581. The van der Waals surface area contributed by atoms with E-state index in [0.717, 1.165) is 0 Å². The number of aromatic nitrogens is 1. The topological polar surface area (TPSA) is 114 Å². The first-order valence-corrected chi connectivity index (χ1v) is 7.29. The number of amides is 2. The lowest BCUT2D eigenvalue weighted by molar-refractivity contribution is 0.152. The third-order valence-corrected chi connectivity index (χ3v) is 2.42. The predicted octanol–water partition coefficient (Wildman–Crippen LogP) is 2.18. The number of nitrogens with zero attached hydrogens (tertiary/aromatic N) is 3. The Morgan fingerprint density at radius 2 is 1.64 bits per heavy atom. The summed E-state index contributed by atoms with van der Waals surface area (Å²) in [5.41, 5.74) is 5.77. The highest BCUT2D eigenvalue weighted by Crippen LogP contribution is 2.02. The third-order valence-electron chi connectivity index (χ3n) is 2.42. The van der Waals surface area contributed by atoms with Crippen LogP contribution in [0.4, 0.5) is 9.59 Å². The average molecular weight is 345 g/mol. The van der Waals surface area contributed by atoms with Crippen molar-refractivity contribution in [2.45, 2.75) is 6.92 Å². The van der Waals surface area contributed by atoms with Gasteiger partial charge in [0.2, 0.25) is 0 Å². The zero-order valence-corrected chi connectivity index (χ0v) is 13.9. The number of pyridine rings is 1. The molecule has 0 aromatic carbocycles. The number of rotatable bonds is 7. The van der Waals surface area contributed by atoms with Crippen LogP contribution >= 0.6 is 0 Å². The van der Waals surface area contributed by atoms with Gasteiger partial charge in [-0.15, -0.1) is 0 Å². The molecule has 2 N–H and O–H groups in total. The second kappa shape index (κ2) is 12.0. The van der Waals surface area contributed by atoms with Crippen LogP contribution in [0.3, 0.4) is 0 Å². The van der Waals surface area contributed by atoms with E-state index in [-0.39, 0.29) is 6.61 Å². The van der Waals surface area contributed by atoms with Gasteiger partial charge in [0.15, 0.2) is 0 Å². The minimum Gasteiger partial charge on any atom is -0.452 e. The fourth-order valence-corrected chi connectivity index (χ4v) is 1.41. The molecule has 0 bridgehead atoms. The Bertz CT molecular complexity index is 683. The maximum absolute atomic E-state index is 11.0. The molecule has 0 aliphatic heterocycles. The molecule has 132 valence electrons. The van der Waals surface area contributed by atoms with Gasteiger partial charge in [-0.1, -0.05) is 6.07 Å². The summed E-state index contributed by atoms with van der Waals surface area (Å²) in [5, 5.41) is 7.32. The molecule has 0 saturated heterocycles. The lowest BCUT2D eigenvalue weighted by Gasteiger charge is -1.97. The molecule has 1 aromatic rings. The highest BCUT2D eigenvalue weighted by molar-refractivity contribution is 5.80. The fraction of sp³-hybridized carbons (Fsp3) is 0.188. The van der Waals surface area contributed by atoms with Gasteiger partial charge in [-0.2, -0.15) is 10.2 Å². The van der Waals surface area contributed by atoms with Gasteiger partial charge in [0.25, 0.3) is 0 Å². The van der Waals surface area contributed by atoms with Crippen molar-refractivity contribution in [3.8, 4) is 0 Å². The van der Waals surface area contributed by atoms with E-state index in [9.17, 15) is 9.59 Å². The molecule has 0 aliphatic rings. The van der Waals surface area contributed by atoms with Crippen LogP contribution in [0.25, 0.3) is 12.2 Å². The van der Waals surface area contributed by atoms with Gasteiger partial charge in [0.1, 0.15) is 0 Å². The molecule has 0 spiro atoms. The van der Waals surface area contributed by atoms with Crippen LogP contribution in [0.5, 0.6) is 0 Å². The lowest BCUT2D eigenvalue weighted by Crippen LogP contribution is -2.18. The summed E-state index contributed by atoms with van der Waals surface area (Å²) in [7, 11) is 1.25. The molecule has 0 unspecified atom stereocenters. The first-order valence-electron chi connectivity index (χ1n) is 7.29. The molecule has 9 heteroatoms. The molecule has 0 saturated carbocycles. The molecule has 0 atom stereocenters. The standard InChI is InChI=1S/C16H19N5O4/c1-3-25-16(23)21-18-12-6-10-14-8-4-7-13(19-14)9-5-11-17-20-15(22)24-2/h4-12H,3H2,1-2H3,(H,20,22)(H,21,23). The number of hydrogen-bond acceptors (Lipinski definition) is 7. The van der Waals surface area contributed by atoms with Gasteiger partial charge in [-0.05, 0) is 43.4 Å². The van der Waals surface area contributed by atoms with E-state index in [1.54, 1.807) is 31.2 Å². The second-order valence-electron chi connectivity index (χ2n) is 4.20. The summed E-state index contributed by atoms with van der Waals surface area (Å²) in [6.45, 7) is 1.99. The van der Waals surface area contributed by atoms with E-state index < -0.39 is 12.2 Å². The van der Waals surface area contributed by atoms with Crippen LogP contribution < -0.4 is 10.9 Å². The van der Waals surface area contributed by atoms with Crippen molar-refractivity contribution in [3.63, 3.8) is 0 Å². The Labute approximate surface area is 145 Å².